The van der Waals surface area contributed by atoms with Gasteiger partial charge in [-0.15, -0.1) is 0 Å². The summed E-state index contributed by atoms with van der Waals surface area (Å²) in [6.45, 7) is 6.55. The Morgan fingerprint density at radius 2 is 1.76 bits per heavy atom. The van der Waals surface area contributed by atoms with Gasteiger partial charge in [0, 0.05) is 38.1 Å². The number of para-hydroxylation sites is 1. The lowest BCUT2D eigenvalue weighted by Crippen LogP contribution is -2.39. The molecule has 7 nitrogen and oxygen atoms in total. The van der Waals surface area contributed by atoms with Crippen LogP contribution in [0.3, 0.4) is 0 Å². The number of amides is 1. The molecule has 0 spiro atoms. The fourth-order valence-corrected chi connectivity index (χ4v) is 5.19. The molecule has 0 atom stereocenters. The van der Waals surface area contributed by atoms with Gasteiger partial charge in [0.2, 0.25) is 0 Å². The predicted octanol–water partition coefficient (Wildman–Crippen LogP) is 3.47. The van der Waals surface area contributed by atoms with E-state index in [9.17, 15) is 4.79 Å². The minimum absolute atomic E-state index is 0.0292. The number of ether oxygens (including phenoxy) is 2. The molecule has 0 N–H and O–H groups in total. The number of piperidine rings is 1. The maximum absolute atomic E-state index is 13.6. The van der Waals surface area contributed by atoms with Gasteiger partial charge in [0.25, 0.3) is 5.91 Å². The van der Waals surface area contributed by atoms with Crippen LogP contribution in [-0.2, 0) is 17.7 Å². The van der Waals surface area contributed by atoms with E-state index in [2.05, 4.69) is 35.2 Å². The van der Waals surface area contributed by atoms with Gasteiger partial charge >= 0.3 is 0 Å². The fourth-order valence-electron chi connectivity index (χ4n) is 5.19. The van der Waals surface area contributed by atoms with Crippen molar-refractivity contribution in [3.63, 3.8) is 0 Å². The molecule has 7 heteroatoms. The average molecular weight is 463 g/mol. The third-order valence-corrected chi connectivity index (χ3v) is 7.16. The van der Waals surface area contributed by atoms with Crippen molar-refractivity contribution in [2.75, 3.05) is 53.0 Å². The Bertz CT molecular complexity index is 1100. The molecule has 5 rings (SSSR count). The SMILES string of the molecule is COc1cccc2c(C(=O)N3CCC(Cc4ccccc4)CC3)nn(CCN3CCOCC3)c12. The van der Waals surface area contributed by atoms with Gasteiger partial charge in [-0.05, 0) is 36.8 Å². The molecule has 34 heavy (non-hydrogen) atoms. The molecule has 3 heterocycles. The molecule has 180 valence electrons. The summed E-state index contributed by atoms with van der Waals surface area (Å²) < 4.78 is 13.1. The van der Waals surface area contributed by atoms with Crippen molar-refractivity contribution in [3.8, 4) is 5.75 Å². The second-order valence-corrected chi connectivity index (χ2v) is 9.31. The van der Waals surface area contributed by atoms with Crippen molar-refractivity contribution in [1.29, 1.82) is 0 Å². The summed E-state index contributed by atoms with van der Waals surface area (Å²) in [5.74, 6) is 1.41. The molecule has 2 fully saturated rings. The average Bonchev–Trinajstić information content (AvgIpc) is 3.27. The first-order valence-electron chi connectivity index (χ1n) is 12.4. The van der Waals surface area contributed by atoms with Crippen LogP contribution in [0.4, 0.5) is 0 Å². The summed E-state index contributed by atoms with van der Waals surface area (Å²) in [6, 6.07) is 16.5. The number of aromatic nitrogens is 2. The first kappa shape index (κ1) is 22.9. The van der Waals surface area contributed by atoms with Gasteiger partial charge in [0.15, 0.2) is 5.69 Å². The summed E-state index contributed by atoms with van der Waals surface area (Å²) in [4.78, 5) is 17.9. The number of nitrogens with zero attached hydrogens (tertiary/aromatic N) is 4. The first-order chi connectivity index (χ1) is 16.7. The molecule has 3 aromatic rings. The Balaban J connectivity index is 1.31. The van der Waals surface area contributed by atoms with Gasteiger partial charge in [0.05, 0.1) is 26.9 Å². The highest BCUT2D eigenvalue weighted by molar-refractivity contribution is 6.06. The maximum Gasteiger partial charge on any atom is 0.275 e. The quantitative estimate of drug-likeness (QED) is 0.538. The molecule has 0 bridgehead atoms. The molecule has 1 aromatic heterocycles. The second kappa shape index (κ2) is 10.6. The van der Waals surface area contributed by atoms with Crippen molar-refractivity contribution in [2.24, 2.45) is 5.92 Å². The number of hydrogen-bond donors (Lipinski definition) is 0. The highest BCUT2D eigenvalue weighted by Crippen LogP contribution is 2.30. The number of likely N-dealkylation sites (tertiary alicyclic amines) is 1. The van der Waals surface area contributed by atoms with Crippen LogP contribution in [0.5, 0.6) is 5.75 Å². The van der Waals surface area contributed by atoms with Gasteiger partial charge < -0.3 is 14.4 Å². The van der Waals surface area contributed by atoms with E-state index < -0.39 is 0 Å². The number of rotatable bonds is 7. The summed E-state index contributed by atoms with van der Waals surface area (Å²) in [5.41, 5.74) is 2.82. The maximum atomic E-state index is 13.6. The molecule has 1 amide bonds. The van der Waals surface area contributed by atoms with Crippen LogP contribution >= 0.6 is 0 Å². The Morgan fingerprint density at radius 3 is 2.50 bits per heavy atom. The molecule has 0 unspecified atom stereocenters. The minimum Gasteiger partial charge on any atom is -0.494 e. The standard InChI is InChI=1S/C27H34N4O3/c1-33-24-9-5-8-23-25(28-31(26(23)24)15-14-29-16-18-34-19-17-29)27(32)30-12-10-22(11-13-30)20-21-6-3-2-4-7-21/h2-9,22H,10-20H2,1H3. The lowest BCUT2D eigenvalue weighted by atomic mass is 9.90. The van der Waals surface area contributed by atoms with Crippen LogP contribution < -0.4 is 4.74 Å². The number of morpholine rings is 1. The van der Waals surface area contributed by atoms with Gasteiger partial charge in [-0.3, -0.25) is 14.4 Å². The molecule has 0 saturated carbocycles. The van der Waals surface area contributed by atoms with Crippen LogP contribution in [0.25, 0.3) is 10.9 Å². The lowest BCUT2D eigenvalue weighted by molar-refractivity contribution is 0.0361. The van der Waals surface area contributed by atoms with E-state index in [1.54, 1.807) is 7.11 Å². The molecule has 2 saturated heterocycles. The Hall–Kier alpha value is -2.90. The number of methoxy groups -OCH3 is 1. The van der Waals surface area contributed by atoms with Crippen molar-refractivity contribution in [3.05, 3.63) is 59.8 Å². The lowest BCUT2D eigenvalue weighted by Gasteiger charge is -2.31. The summed E-state index contributed by atoms with van der Waals surface area (Å²) >= 11 is 0. The van der Waals surface area contributed by atoms with Gasteiger partial charge in [-0.2, -0.15) is 5.10 Å². The highest BCUT2D eigenvalue weighted by Gasteiger charge is 2.28. The van der Waals surface area contributed by atoms with E-state index in [4.69, 9.17) is 14.6 Å². The normalized spacial score (nSPS) is 17.9. The molecule has 0 aliphatic carbocycles. The van der Waals surface area contributed by atoms with Crippen LogP contribution in [0, 0.1) is 5.92 Å². The summed E-state index contributed by atoms with van der Waals surface area (Å²) in [7, 11) is 1.67. The Morgan fingerprint density at radius 1 is 1.00 bits per heavy atom. The Kier molecular flexibility index (Phi) is 7.11. The van der Waals surface area contributed by atoms with E-state index in [-0.39, 0.29) is 5.91 Å². The van der Waals surface area contributed by atoms with Gasteiger partial charge in [0.1, 0.15) is 11.3 Å². The van der Waals surface area contributed by atoms with E-state index in [0.717, 1.165) is 81.9 Å². The van der Waals surface area contributed by atoms with Crippen molar-refractivity contribution in [2.45, 2.75) is 25.8 Å². The van der Waals surface area contributed by atoms with E-state index >= 15 is 0 Å². The van der Waals surface area contributed by atoms with E-state index in [0.29, 0.717) is 18.2 Å². The van der Waals surface area contributed by atoms with Gasteiger partial charge in [-0.25, -0.2) is 0 Å². The molecule has 0 radical (unpaired) electrons. The number of hydrogen-bond acceptors (Lipinski definition) is 5. The summed E-state index contributed by atoms with van der Waals surface area (Å²) in [5, 5.41) is 5.70. The second-order valence-electron chi connectivity index (χ2n) is 9.31. The number of fused-ring (bicyclic) bond motifs is 1. The van der Waals surface area contributed by atoms with Crippen LogP contribution in [0.15, 0.2) is 48.5 Å². The smallest absolute Gasteiger partial charge is 0.275 e. The highest BCUT2D eigenvalue weighted by atomic mass is 16.5. The fraction of sp³-hybridized carbons (Fsp3) is 0.481. The predicted molar refractivity (Wildman–Crippen MR) is 132 cm³/mol. The molecule has 2 aliphatic heterocycles. The minimum atomic E-state index is 0.0292. The molecule has 2 aromatic carbocycles. The molecular weight excluding hydrogens is 428 g/mol. The van der Waals surface area contributed by atoms with E-state index in [1.165, 1.54) is 5.56 Å². The zero-order chi connectivity index (χ0) is 23.3. The van der Waals surface area contributed by atoms with Crippen LogP contribution in [0.2, 0.25) is 0 Å². The third kappa shape index (κ3) is 4.95. The first-order valence-corrected chi connectivity index (χ1v) is 12.4. The van der Waals surface area contributed by atoms with Crippen molar-refractivity contribution < 1.29 is 14.3 Å². The summed E-state index contributed by atoms with van der Waals surface area (Å²) in [6.07, 6.45) is 3.14. The van der Waals surface area contributed by atoms with Crippen molar-refractivity contribution >= 4 is 16.8 Å². The molecular formula is C27H34N4O3. The monoisotopic (exact) mass is 462 g/mol. The van der Waals surface area contributed by atoms with E-state index in [1.807, 2.05) is 27.8 Å². The Labute approximate surface area is 201 Å². The number of carbonyl (C=O) groups excluding carboxylic acids is 1. The molecule has 2 aliphatic rings. The number of carbonyl (C=O) groups is 1. The number of benzene rings is 2. The van der Waals surface area contributed by atoms with Crippen molar-refractivity contribution in [1.82, 2.24) is 19.6 Å². The largest absolute Gasteiger partial charge is 0.494 e. The topological polar surface area (TPSA) is 59.8 Å². The van der Waals surface area contributed by atoms with Gasteiger partial charge in [-0.1, -0.05) is 42.5 Å². The third-order valence-electron chi connectivity index (χ3n) is 7.16. The zero-order valence-electron chi connectivity index (χ0n) is 20.0. The van der Waals surface area contributed by atoms with Crippen LogP contribution in [0.1, 0.15) is 28.9 Å². The van der Waals surface area contributed by atoms with Crippen LogP contribution in [-0.4, -0.2) is 78.5 Å². The zero-order valence-corrected chi connectivity index (χ0v) is 20.0.